The van der Waals surface area contributed by atoms with Crippen LogP contribution in [0.15, 0.2) is 33.8 Å². The Kier molecular flexibility index (Phi) is 5.49. The molecule has 3 rings (SSSR count). The molecule has 1 amide bonds. The van der Waals surface area contributed by atoms with Gasteiger partial charge >= 0.3 is 6.09 Å². The fraction of sp³-hybridized carbons (Fsp3) is 0.421. The van der Waals surface area contributed by atoms with E-state index in [1.165, 1.54) is 29.1 Å². The number of carbonyl (C=O) groups excluding carboxylic acids is 1. The van der Waals surface area contributed by atoms with Crippen LogP contribution in [0, 0.1) is 10.1 Å². The first kappa shape index (κ1) is 21.9. The predicted octanol–water partition coefficient (Wildman–Crippen LogP) is 2.50. The van der Waals surface area contributed by atoms with Crippen LogP contribution in [-0.2, 0) is 16.8 Å². The fourth-order valence-electron chi connectivity index (χ4n) is 2.71. The van der Waals surface area contributed by atoms with Crippen LogP contribution < -0.4 is 10.9 Å². The summed E-state index contributed by atoms with van der Waals surface area (Å²) < 4.78 is 11.7. The molecule has 0 radical (unpaired) electrons. The summed E-state index contributed by atoms with van der Waals surface area (Å²) in [4.78, 5) is 43.4. The summed E-state index contributed by atoms with van der Waals surface area (Å²) in [5, 5.41) is 17.7. The minimum absolute atomic E-state index is 0.0612. The highest BCUT2D eigenvalue weighted by atomic mass is 16.6. The van der Waals surface area contributed by atoms with Gasteiger partial charge in [0.05, 0.1) is 22.2 Å². The van der Waals surface area contributed by atoms with Crippen molar-refractivity contribution in [1.29, 1.82) is 0 Å². The van der Waals surface area contributed by atoms with Crippen molar-refractivity contribution in [2.24, 2.45) is 0 Å². The van der Waals surface area contributed by atoms with Crippen molar-refractivity contribution in [2.45, 2.75) is 52.3 Å². The second-order valence-corrected chi connectivity index (χ2v) is 8.40. The number of ether oxygens (including phenoxy) is 1. The number of alkyl carbamates (subject to hydrolysis) is 1. The molecular weight excluding hydrogens is 408 g/mol. The van der Waals surface area contributed by atoms with Crippen LogP contribution in [0.1, 0.15) is 46.3 Å². The highest BCUT2D eigenvalue weighted by molar-refractivity contribution is 5.79. The zero-order valence-electron chi connectivity index (χ0n) is 17.7. The quantitative estimate of drug-likeness (QED) is 0.474. The summed E-state index contributed by atoms with van der Waals surface area (Å²) >= 11 is 0. The van der Waals surface area contributed by atoms with Gasteiger partial charge in [-0.05, 0) is 40.7 Å². The van der Waals surface area contributed by atoms with E-state index in [0.29, 0.717) is 0 Å². The van der Waals surface area contributed by atoms with Crippen LogP contribution in [0.4, 0.5) is 10.5 Å². The molecule has 0 spiro atoms. The van der Waals surface area contributed by atoms with E-state index in [1.807, 2.05) is 0 Å². The smallest absolute Gasteiger partial charge is 0.408 e. The topological polar surface area (TPSA) is 155 Å². The largest absolute Gasteiger partial charge is 0.444 e. The molecule has 2 aromatic heterocycles. The van der Waals surface area contributed by atoms with Crippen molar-refractivity contribution in [3.8, 4) is 0 Å². The number of amides is 1. The van der Waals surface area contributed by atoms with E-state index in [0.717, 1.165) is 0 Å². The minimum atomic E-state index is -0.990. The number of non-ortho nitro benzene ring substituents is 1. The van der Waals surface area contributed by atoms with Gasteiger partial charge in [0.15, 0.2) is 5.82 Å². The maximum atomic E-state index is 12.7. The Morgan fingerprint density at radius 3 is 2.65 bits per heavy atom. The number of carbonyl (C=O) groups is 1. The molecule has 31 heavy (non-hydrogen) atoms. The number of nitro groups is 1. The Labute approximate surface area is 176 Å². The molecule has 0 aliphatic carbocycles. The fourth-order valence-corrected chi connectivity index (χ4v) is 2.71. The normalized spacial score (nSPS) is 12.0. The van der Waals surface area contributed by atoms with Crippen molar-refractivity contribution >= 4 is 22.7 Å². The van der Waals surface area contributed by atoms with Gasteiger partial charge in [0.2, 0.25) is 5.89 Å². The van der Waals surface area contributed by atoms with Crippen LogP contribution in [0.2, 0.25) is 0 Å². The highest BCUT2D eigenvalue weighted by Crippen LogP contribution is 2.19. The first-order valence-electron chi connectivity index (χ1n) is 9.33. The number of rotatable bonds is 5. The third kappa shape index (κ3) is 5.02. The SMILES string of the molecule is CC(C)(C)OC(=O)NC(C)(C)c1noc(Cn2cnc3cc([N+](=O)[O-])ccc3c2=O)n1. The van der Waals surface area contributed by atoms with Crippen molar-refractivity contribution in [2.75, 3.05) is 0 Å². The lowest BCUT2D eigenvalue weighted by Crippen LogP contribution is -2.44. The highest BCUT2D eigenvalue weighted by Gasteiger charge is 2.31. The molecule has 12 nitrogen and oxygen atoms in total. The summed E-state index contributed by atoms with van der Waals surface area (Å²) in [5.74, 6) is 0.324. The van der Waals surface area contributed by atoms with E-state index in [9.17, 15) is 19.7 Å². The number of nitro benzene ring substituents is 1. The first-order chi connectivity index (χ1) is 14.4. The maximum absolute atomic E-state index is 12.7. The molecular formula is C19H22N6O6. The zero-order valence-corrected chi connectivity index (χ0v) is 17.7. The van der Waals surface area contributed by atoms with Crippen LogP contribution in [-0.4, -0.2) is 36.3 Å². The zero-order chi connectivity index (χ0) is 23.0. The van der Waals surface area contributed by atoms with E-state index in [1.54, 1.807) is 34.6 Å². The summed E-state index contributed by atoms with van der Waals surface area (Å²) in [5.41, 5.74) is -2.00. The maximum Gasteiger partial charge on any atom is 0.408 e. The average Bonchev–Trinajstić information content (AvgIpc) is 3.11. The molecule has 0 aliphatic heterocycles. The molecule has 0 saturated carbocycles. The number of hydrogen-bond acceptors (Lipinski definition) is 9. The minimum Gasteiger partial charge on any atom is -0.444 e. The van der Waals surface area contributed by atoms with Crippen molar-refractivity contribution in [3.63, 3.8) is 0 Å². The number of hydrogen-bond donors (Lipinski definition) is 1. The van der Waals surface area contributed by atoms with Gasteiger partial charge in [-0.1, -0.05) is 5.16 Å². The molecule has 12 heteroatoms. The van der Waals surface area contributed by atoms with Crippen molar-refractivity contribution < 1.29 is 19.0 Å². The first-order valence-corrected chi connectivity index (χ1v) is 9.33. The molecule has 0 fully saturated rings. The van der Waals surface area contributed by atoms with Crippen LogP contribution in [0.3, 0.4) is 0 Å². The third-order valence-electron chi connectivity index (χ3n) is 4.17. The molecule has 0 atom stereocenters. The Hall–Kier alpha value is -3.83. The van der Waals surface area contributed by atoms with Crippen molar-refractivity contribution in [1.82, 2.24) is 25.0 Å². The van der Waals surface area contributed by atoms with E-state index in [4.69, 9.17) is 9.26 Å². The molecule has 0 aliphatic rings. The number of benzene rings is 1. The Balaban J connectivity index is 1.80. The van der Waals surface area contributed by atoms with Gasteiger partial charge in [-0.2, -0.15) is 4.98 Å². The van der Waals surface area contributed by atoms with Gasteiger partial charge < -0.3 is 14.6 Å². The van der Waals surface area contributed by atoms with Gasteiger partial charge in [0.1, 0.15) is 17.7 Å². The Morgan fingerprint density at radius 2 is 2.00 bits per heavy atom. The molecule has 0 saturated heterocycles. The lowest BCUT2D eigenvalue weighted by molar-refractivity contribution is -0.384. The molecule has 1 N–H and O–H groups in total. The average molecular weight is 430 g/mol. The summed E-state index contributed by atoms with van der Waals surface area (Å²) in [6.07, 6.45) is 0.621. The van der Waals surface area contributed by atoms with Crippen LogP contribution >= 0.6 is 0 Å². The van der Waals surface area contributed by atoms with E-state index in [2.05, 4.69) is 20.4 Å². The standard InChI is InChI=1S/C19H22N6O6/c1-18(2,3)30-17(27)22-19(4,5)16-21-14(31-23-16)9-24-10-20-13-8-11(25(28)29)6-7-12(13)15(24)26/h6-8,10H,9H2,1-5H3,(H,22,27). The lowest BCUT2D eigenvalue weighted by atomic mass is 10.1. The Morgan fingerprint density at radius 1 is 1.29 bits per heavy atom. The van der Waals surface area contributed by atoms with E-state index in [-0.39, 0.29) is 34.9 Å². The Bertz CT molecular complexity index is 1210. The van der Waals surface area contributed by atoms with Gasteiger partial charge in [0.25, 0.3) is 11.2 Å². The monoisotopic (exact) mass is 430 g/mol. The second kappa shape index (κ2) is 7.78. The van der Waals surface area contributed by atoms with Crippen LogP contribution in [0.5, 0.6) is 0 Å². The number of fused-ring (bicyclic) bond motifs is 1. The van der Waals surface area contributed by atoms with Crippen LogP contribution in [0.25, 0.3) is 10.9 Å². The number of aromatic nitrogens is 4. The summed E-state index contributed by atoms with van der Waals surface area (Å²) in [6, 6.07) is 3.83. The van der Waals surface area contributed by atoms with E-state index >= 15 is 0 Å². The molecule has 0 unspecified atom stereocenters. The van der Waals surface area contributed by atoms with E-state index < -0.39 is 27.7 Å². The van der Waals surface area contributed by atoms with Gasteiger partial charge in [-0.25, -0.2) is 9.78 Å². The molecule has 0 bridgehead atoms. The molecule has 3 aromatic rings. The summed E-state index contributed by atoms with van der Waals surface area (Å²) in [6.45, 7) is 8.55. The number of nitrogens with zero attached hydrogens (tertiary/aromatic N) is 5. The second-order valence-electron chi connectivity index (χ2n) is 8.40. The third-order valence-corrected chi connectivity index (χ3v) is 4.17. The summed E-state index contributed by atoms with van der Waals surface area (Å²) in [7, 11) is 0. The molecule has 2 heterocycles. The molecule has 164 valence electrons. The number of nitrogens with one attached hydrogen (secondary N) is 1. The lowest BCUT2D eigenvalue weighted by Gasteiger charge is -2.26. The van der Waals surface area contributed by atoms with Gasteiger partial charge in [0, 0.05) is 12.1 Å². The van der Waals surface area contributed by atoms with Crippen molar-refractivity contribution in [3.05, 3.63) is 56.7 Å². The van der Waals surface area contributed by atoms with Gasteiger partial charge in [-0.3, -0.25) is 19.5 Å². The predicted molar refractivity (Wildman–Crippen MR) is 108 cm³/mol. The molecule has 1 aromatic carbocycles. The van der Waals surface area contributed by atoms with Gasteiger partial charge in [-0.15, -0.1) is 0 Å².